The van der Waals surface area contributed by atoms with Crippen molar-refractivity contribution in [3.63, 3.8) is 0 Å². The van der Waals surface area contributed by atoms with Crippen molar-refractivity contribution in [2.75, 3.05) is 0 Å². The minimum Gasteiger partial charge on any atom is -0.481 e. The zero-order valence-electron chi connectivity index (χ0n) is 12.2. The molecular formula is C18H16Cl2O2. The molecule has 0 spiro atoms. The molecule has 0 amide bonds. The van der Waals surface area contributed by atoms with Gasteiger partial charge in [0, 0.05) is 16.7 Å². The Morgan fingerprint density at radius 2 is 1.86 bits per heavy atom. The lowest BCUT2D eigenvalue weighted by Gasteiger charge is -2.15. The van der Waals surface area contributed by atoms with E-state index in [9.17, 15) is 4.79 Å². The zero-order valence-corrected chi connectivity index (χ0v) is 13.7. The summed E-state index contributed by atoms with van der Waals surface area (Å²) in [6.45, 7) is 1.73. The highest BCUT2D eigenvalue weighted by atomic mass is 35.5. The first-order valence-electron chi connectivity index (χ1n) is 7.32. The number of aryl methyl sites for hydroxylation is 2. The molecule has 0 bridgehead atoms. The number of fused-ring (bicyclic) bond motifs is 1. The quantitative estimate of drug-likeness (QED) is 0.724. The van der Waals surface area contributed by atoms with Crippen LogP contribution in [0.15, 0.2) is 36.4 Å². The van der Waals surface area contributed by atoms with Gasteiger partial charge in [-0.25, -0.2) is 0 Å². The molecule has 0 aliphatic heterocycles. The van der Waals surface area contributed by atoms with E-state index in [4.69, 9.17) is 27.9 Å². The van der Waals surface area contributed by atoms with E-state index in [0.717, 1.165) is 19.3 Å². The summed E-state index contributed by atoms with van der Waals surface area (Å²) >= 11 is 12.0. The number of carbonyl (C=O) groups is 1. The van der Waals surface area contributed by atoms with Crippen LogP contribution in [0.4, 0.5) is 0 Å². The summed E-state index contributed by atoms with van der Waals surface area (Å²) in [6, 6.07) is 10.9. The predicted molar refractivity (Wildman–Crippen MR) is 89.3 cm³/mol. The molecule has 0 heterocycles. The zero-order chi connectivity index (χ0) is 15.7. The monoisotopic (exact) mass is 334 g/mol. The Kier molecular flexibility index (Phi) is 4.42. The minimum atomic E-state index is -0.615. The first-order chi connectivity index (χ1) is 10.5. The van der Waals surface area contributed by atoms with E-state index in [0.29, 0.717) is 21.4 Å². The minimum absolute atomic E-state index is 0.0502. The van der Waals surface area contributed by atoms with Gasteiger partial charge in [0.15, 0.2) is 6.10 Å². The van der Waals surface area contributed by atoms with Crippen molar-refractivity contribution < 1.29 is 9.53 Å². The summed E-state index contributed by atoms with van der Waals surface area (Å²) < 4.78 is 5.70. The van der Waals surface area contributed by atoms with Crippen molar-refractivity contribution in [3.05, 3.63) is 63.1 Å². The lowest BCUT2D eigenvalue weighted by Crippen LogP contribution is -2.24. The van der Waals surface area contributed by atoms with Crippen LogP contribution in [-0.2, 0) is 12.8 Å². The third kappa shape index (κ3) is 3.13. The number of ketones is 1. The summed E-state index contributed by atoms with van der Waals surface area (Å²) in [6.07, 6.45) is 2.70. The molecule has 0 N–H and O–H groups in total. The highest BCUT2D eigenvalue weighted by Crippen LogP contribution is 2.29. The fraction of sp³-hybridized carbons (Fsp3) is 0.278. The summed E-state index contributed by atoms with van der Waals surface area (Å²) in [7, 11) is 0. The van der Waals surface area contributed by atoms with Crippen LogP contribution in [0.3, 0.4) is 0 Å². The molecule has 0 saturated heterocycles. The Labute approximate surface area is 140 Å². The normalized spacial score (nSPS) is 14.5. The average Bonchev–Trinajstić information content (AvgIpc) is 2.97. The van der Waals surface area contributed by atoms with Gasteiger partial charge in [-0.2, -0.15) is 0 Å². The number of benzene rings is 2. The van der Waals surface area contributed by atoms with E-state index in [1.54, 1.807) is 25.1 Å². The van der Waals surface area contributed by atoms with E-state index >= 15 is 0 Å². The second-order valence-electron chi connectivity index (χ2n) is 5.54. The summed E-state index contributed by atoms with van der Waals surface area (Å²) in [5.41, 5.74) is 3.31. The van der Waals surface area contributed by atoms with Crippen molar-refractivity contribution >= 4 is 29.0 Å². The summed E-state index contributed by atoms with van der Waals surface area (Å²) in [5, 5.41) is 0.967. The van der Waals surface area contributed by atoms with Crippen molar-refractivity contribution in [2.45, 2.75) is 32.3 Å². The molecule has 114 valence electrons. The average molecular weight is 335 g/mol. The van der Waals surface area contributed by atoms with Crippen molar-refractivity contribution in [2.24, 2.45) is 0 Å². The largest absolute Gasteiger partial charge is 0.481 e. The molecule has 0 fully saturated rings. The third-order valence-electron chi connectivity index (χ3n) is 3.95. The number of ether oxygens (including phenoxy) is 1. The molecule has 1 aliphatic rings. The van der Waals surface area contributed by atoms with Crippen LogP contribution in [0.5, 0.6) is 5.75 Å². The first-order valence-corrected chi connectivity index (χ1v) is 8.08. The summed E-state index contributed by atoms with van der Waals surface area (Å²) in [5.74, 6) is 0.377. The molecule has 0 radical (unpaired) electrons. The van der Waals surface area contributed by atoms with Crippen LogP contribution < -0.4 is 4.74 Å². The van der Waals surface area contributed by atoms with Crippen LogP contribution in [-0.4, -0.2) is 11.9 Å². The van der Waals surface area contributed by atoms with Gasteiger partial charge in [-0.15, -0.1) is 0 Å². The van der Waals surface area contributed by atoms with E-state index in [-0.39, 0.29) is 5.78 Å². The van der Waals surface area contributed by atoms with Crippen molar-refractivity contribution in [3.8, 4) is 5.75 Å². The maximum Gasteiger partial charge on any atom is 0.203 e. The number of Topliss-reactive ketones (excluding diaryl/α,β-unsaturated/α-hetero) is 1. The number of carbonyl (C=O) groups excluding carboxylic acids is 1. The number of hydrogen-bond acceptors (Lipinski definition) is 2. The molecule has 2 nitrogen and oxygen atoms in total. The summed E-state index contributed by atoms with van der Waals surface area (Å²) in [4.78, 5) is 12.5. The van der Waals surface area contributed by atoms with E-state index in [2.05, 4.69) is 6.07 Å². The van der Waals surface area contributed by atoms with Gasteiger partial charge in [-0.1, -0.05) is 35.3 Å². The topological polar surface area (TPSA) is 26.3 Å². The van der Waals surface area contributed by atoms with Crippen LogP contribution in [0.1, 0.15) is 34.8 Å². The van der Waals surface area contributed by atoms with E-state index in [1.807, 2.05) is 12.1 Å². The SMILES string of the molecule is C[C@H](Oc1cc(Cl)ccc1Cl)C(=O)c1ccc2c(c1)CCC2. The van der Waals surface area contributed by atoms with Crippen molar-refractivity contribution in [1.82, 2.24) is 0 Å². The van der Waals surface area contributed by atoms with Gasteiger partial charge in [0.05, 0.1) is 5.02 Å². The lowest BCUT2D eigenvalue weighted by molar-refractivity contribution is 0.0818. The molecule has 1 aliphatic carbocycles. The van der Waals surface area contributed by atoms with Crippen LogP contribution in [0.2, 0.25) is 10.0 Å². The van der Waals surface area contributed by atoms with E-state index in [1.165, 1.54) is 11.1 Å². The highest BCUT2D eigenvalue weighted by molar-refractivity contribution is 6.34. The van der Waals surface area contributed by atoms with Gasteiger partial charge in [-0.3, -0.25) is 4.79 Å². The third-order valence-corrected chi connectivity index (χ3v) is 4.50. The predicted octanol–water partition coefficient (Wildman–Crippen LogP) is 5.13. The van der Waals surface area contributed by atoms with Gasteiger partial charge < -0.3 is 4.74 Å². The Morgan fingerprint density at radius 3 is 2.68 bits per heavy atom. The Hall–Kier alpha value is -1.51. The maximum absolute atomic E-state index is 12.5. The smallest absolute Gasteiger partial charge is 0.203 e. The van der Waals surface area contributed by atoms with Crippen molar-refractivity contribution in [1.29, 1.82) is 0 Å². The number of hydrogen-bond donors (Lipinski definition) is 0. The Balaban J connectivity index is 1.78. The molecule has 2 aromatic rings. The Morgan fingerprint density at radius 1 is 1.09 bits per heavy atom. The van der Waals surface area contributed by atoms with Crippen LogP contribution in [0.25, 0.3) is 0 Å². The molecule has 3 rings (SSSR count). The Bertz CT molecular complexity index is 725. The van der Waals surface area contributed by atoms with Gasteiger partial charge in [-0.05, 0) is 55.5 Å². The second-order valence-corrected chi connectivity index (χ2v) is 6.38. The molecule has 0 saturated carbocycles. The molecule has 22 heavy (non-hydrogen) atoms. The fourth-order valence-corrected chi connectivity index (χ4v) is 3.10. The van der Waals surface area contributed by atoms with Crippen LogP contribution in [0, 0.1) is 0 Å². The molecule has 1 atom stereocenters. The molecule has 0 unspecified atom stereocenters. The van der Waals surface area contributed by atoms with Crippen LogP contribution >= 0.6 is 23.2 Å². The molecular weight excluding hydrogens is 319 g/mol. The van der Waals surface area contributed by atoms with Gasteiger partial charge in [0.2, 0.25) is 5.78 Å². The standard InChI is InChI=1S/C18H16Cl2O2/c1-11(22-17-10-15(19)7-8-16(17)20)18(21)14-6-5-12-3-2-4-13(12)9-14/h5-11H,2-4H2,1H3/t11-/m0/s1. The lowest BCUT2D eigenvalue weighted by atomic mass is 10.0. The molecule has 4 heteroatoms. The molecule has 2 aromatic carbocycles. The van der Waals surface area contributed by atoms with Gasteiger partial charge in [0.25, 0.3) is 0 Å². The number of halogens is 2. The van der Waals surface area contributed by atoms with Gasteiger partial charge >= 0.3 is 0 Å². The maximum atomic E-state index is 12.5. The second kappa shape index (κ2) is 6.31. The van der Waals surface area contributed by atoms with E-state index < -0.39 is 6.10 Å². The highest BCUT2D eigenvalue weighted by Gasteiger charge is 2.20. The number of rotatable bonds is 4. The first kappa shape index (κ1) is 15.4. The fourth-order valence-electron chi connectivity index (χ4n) is 2.77. The molecule has 0 aromatic heterocycles. The van der Waals surface area contributed by atoms with Gasteiger partial charge in [0.1, 0.15) is 5.75 Å².